The number of rotatable bonds is 5. The van der Waals surface area contributed by atoms with Crippen molar-refractivity contribution >= 4 is 11.8 Å². The van der Waals surface area contributed by atoms with Crippen LogP contribution in [0.15, 0.2) is 73.1 Å². The van der Waals surface area contributed by atoms with E-state index in [4.69, 9.17) is 4.74 Å². The second kappa shape index (κ2) is 9.43. The van der Waals surface area contributed by atoms with E-state index in [-0.39, 0.29) is 17.7 Å². The minimum absolute atomic E-state index is 0.00995. The van der Waals surface area contributed by atoms with Gasteiger partial charge in [0.15, 0.2) is 0 Å². The highest BCUT2D eigenvalue weighted by Gasteiger charge is 2.28. The highest BCUT2D eigenvalue weighted by Crippen LogP contribution is 2.24. The zero-order valence-corrected chi connectivity index (χ0v) is 17.5. The minimum atomic E-state index is -0.292. The van der Waals surface area contributed by atoms with Gasteiger partial charge in [-0.25, -0.2) is 0 Å². The van der Waals surface area contributed by atoms with E-state index in [0.717, 1.165) is 22.4 Å². The molecule has 1 atom stereocenters. The molecule has 0 spiro atoms. The van der Waals surface area contributed by atoms with Gasteiger partial charge >= 0.3 is 0 Å². The third-order valence-electron chi connectivity index (χ3n) is 5.57. The number of methoxy groups -OCH3 is 1. The Hall–Kier alpha value is -3.67. The molecule has 0 aliphatic carbocycles. The molecule has 1 N–H and O–H groups in total. The van der Waals surface area contributed by atoms with Gasteiger partial charge in [-0.1, -0.05) is 36.4 Å². The summed E-state index contributed by atoms with van der Waals surface area (Å²) in [7, 11) is 1.65. The molecule has 1 aromatic heterocycles. The van der Waals surface area contributed by atoms with E-state index in [1.54, 1.807) is 36.5 Å². The summed E-state index contributed by atoms with van der Waals surface area (Å²) >= 11 is 0. The Labute approximate surface area is 181 Å². The zero-order valence-electron chi connectivity index (χ0n) is 17.5. The van der Waals surface area contributed by atoms with E-state index in [9.17, 15) is 9.59 Å². The Bertz CT molecular complexity index is 1030. The van der Waals surface area contributed by atoms with Crippen LogP contribution in [0.2, 0.25) is 0 Å². The number of hydrogen-bond donors (Lipinski definition) is 1. The third kappa shape index (κ3) is 4.91. The second-order valence-electron chi connectivity index (χ2n) is 7.60. The van der Waals surface area contributed by atoms with Crippen molar-refractivity contribution in [3.8, 4) is 16.9 Å². The smallest absolute Gasteiger partial charge is 0.254 e. The molecule has 0 unspecified atom stereocenters. The molecule has 4 rings (SSSR count). The Morgan fingerprint density at radius 3 is 2.32 bits per heavy atom. The van der Waals surface area contributed by atoms with Crippen LogP contribution < -0.4 is 10.1 Å². The van der Waals surface area contributed by atoms with Crippen molar-refractivity contribution in [2.24, 2.45) is 5.92 Å². The van der Waals surface area contributed by atoms with Crippen molar-refractivity contribution in [3.05, 3.63) is 84.2 Å². The largest absolute Gasteiger partial charge is 0.497 e. The van der Waals surface area contributed by atoms with E-state index in [1.807, 2.05) is 36.4 Å². The van der Waals surface area contributed by atoms with Crippen molar-refractivity contribution in [1.82, 2.24) is 15.2 Å². The highest BCUT2D eigenvalue weighted by molar-refractivity contribution is 5.94. The summed E-state index contributed by atoms with van der Waals surface area (Å²) in [4.78, 5) is 31.2. The quantitative estimate of drug-likeness (QED) is 0.695. The molecule has 0 radical (unpaired) electrons. The molecule has 31 heavy (non-hydrogen) atoms. The van der Waals surface area contributed by atoms with Gasteiger partial charge in [-0.15, -0.1) is 0 Å². The molecule has 2 heterocycles. The fraction of sp³-hybridized carbons (Fsp3) is 0.240. The summed E-state index contributed by atoms with van der Waals surface area (Å²) < 4.78 is 5.21. The van der Waals surface area contributed by atoms with Crippen molar-refractivity contribution in [2.45, 2.75) is 6.42 Å². The molecule has 2 amide bonds. The number of carbonyl (C=O) groups excluding carboxylic acids is 2. The van der Waals surface area contributed by atoms with Gasteiger partial charge < -0.3 is 15.0 Å². The van der Waals surface area contributed by atoms with Gasteiger partial charge in [0.2, 0.25) is 5.91 Å². The number of ether oxygens (including phenoxy) is 1. The first-order chi connectivity index (χ1) is 15.1. The van der Waals surface area contributed by atoms with Gasteiger partial charge in [0, 0.05) is 37.6 Å². The fourth-order valence-corrected chi connectivity index (χ4v) is 3.82. The lowest BCUT2D eigenvalue weighted by atomic mass is 9.96. The summed E-state index contributed by atoms with van der Waals surface area (Å²) in [5, 5.41) is 2.94. The van der Waals surface area contributed by atoms with E-state index in [1.165, 1.54) is 0 Å². The Morgan fingerprint density at radius 1 is 1.03 bits per heavy atom. The van der Waals surface area contributed by atoms with Crippen molar-refractivity contribution in [3.63, 3.8) is 0 Å². The summed E-state index contributed by atoms with van der Waals surface area (Å²) in [5.74, 6) is 0.453. The zero-order chi connectivity index (χ0) is 21.6. The van der Waals surface area contributed by atoms with E-state index >= 15 is 0 Å². The standard InChI is InChI=1S/C25H25N3O3/c1-31-23-8-6-20(7-9-23)19-4-2-18(3-5-19)16-22-17-28(15-14-27-24(22)29)25(30)21-10-12-26-13-11-21/h2-13,22H,14-17H2,1H3,(H,27,29)/t22-/m0/s1. The first-order valence-corrected chi connectivity index (χ1v) is 10.3. The minimum Gasteiger partial charge on any atom is -0.497 e. The van der Waals surface area contributed by atoms with Crippen molar-refractivity contribution in [2.75, 3.05) is 26.7 Å². The fourth-order valence-electron chi connectivity index (χ4n) is 3.82. The number of carbonyl (C=O) groups is 2. The van der Waals surface area contributed by atoms with Crippen LogP contribution in [0.1, 0.15) is 15.9 Å². The monoisotopic (exact) mass is 415 g/mol. The number of nitrogens with one attached hydrogen (secondary N) is 1. The van der Waals surface area contributed by atoms with Crippen LogP contribution in [0.5, 0.6) is 5.75 Å². The Kier molecular flexibility index (Phi) is 6.26. The van der Waals surface area contributed by atoms with Crippen LogP contribution in [0, 0.1) is 5.92 Å². The number of aromatic nitrogens is 1. The molecule has 1 aliphatic heterocycles. The van der Waals surface area contributed by atoms with Crippen LogP contribution in [-0.4, -0.2) is 48.4 Å². The average Bonchev–Trinajstić information content (AvgIpc) is 3.01. The maximum absolute atomic E-state index is 12.9. The van der Waals surface area contributed by atoms with Gasteiger partial charge in [-0.05, 0) is 47.4 Å². The SMILES string of the molecule is COc1ccc(-c2ccc(C[C@H]3CN(C(=O)c4ccncc4)CCNC3=O)cc2)cc1. The lowest BCUT2D eigenvalue weighted by molar-refractivity contribution is -0.124. The molecule has 1 fully saturated rings. The number of nitrogens with zero attached hydrogens (tertiary/aromatic N) is 2. The molecule has 3 aromatic rings. The molecular weight excluding hydrogens is 390 g/mol. The Morgan fingerprint density at radius 2 is 1.68 bits per heavy atom. The van der Waals surface area contributed by atoms with Crippen molar-refractivity contribution < 1.29 is 14.3 Å². The molecule has 158 valence electrons. The Balaban J connectivity index is 1.46. The predicted molar refractivity (Wildman–Crippen MR) is 119 cm³/mol. The number of amides is 2. The van der Waals surface area contributed by atoms with Crippen LogP contribution in [0.3, 0.4) is 0 Å². The van der Waals surface area contributed by atoms with Crippen molar-refractivity contribution in [1.29, 1.82) is 0 Å². The number of pyridine rings is 1. The highest BCUT2D eigenvalue weighted by atomic mass is 16.5. The summed E-state index contributed by atoms with van der Waals surface area (Å²) in [6.45, 7) is 1.36. The first-order valence-electron chi connectivity index (χ1n) is 10.3. The third-order valence-corrected chi connectivity index (χ3v) is 5.57. The maximum Gasteiger partial charge on any atom is 0.254 e. The van der Waals surface area contributed by atoms with Gasteiger partial charge in [0.1, 0.15) is 5.75 Å². The van der Waals surface area contributed by atoms with Gasteiger partial charge in [-0.2, -0.15) is 0 Å². The molecular formula is C25H25N3O3. The van der Waals surface area contributed by atoms with Gasteiger partial charge in [0.05, 0.1) is 13.0 Å². The maximum atomic E-state index is 12.9. The first kappa shape index (κ1) is 20.6. The molecule has 6 nitrogen and oxygen atoms in total. The normalized spacial score (nSPS) is 16.4. The lowest BCUT2D eigenvalue weighted by Crippen LogP contribution is -2.37. The van der Waals surface area contributed by atoms with E-state index in [2.05, 4.69) is 22.4 Å². The van der Waals surface area contributed by atoms with Crippen LogP contribution >= 0.6 is 0 Å². The van der Waals surface area contributed by atoms with Crippen LogP contribution in [0.25, 0.3) is 11.1 Å². The molecule has 1 saturated heterocycles. The molecule has 1 aliphatic rings. The van der Waals surface area contributed by atoms with Gasteiger partial charge in [-0.3, -0.25) is 14.6 Å². The molecule has 0 bridgehead atoms. The topological polar surface area (TPSA) is 71.5 Å². The molecule has 2 aromatic carbocycles. The lowest BCUT2D eigenvalue weighted by Gasteiger charge is -2.23. The average molecular weight is 415 g/mol. The van der Waals surface area contributed by atoms with Crippen LogP contribution in [0.4, 0.5) is 0 Å². The molecule has 0 saturated carbocycles. The number of hydrogen-bond acceptors (Lipinski definition) is 4. The molecule has 6 heteroatoms. The van der Waals surface area contributed by atoms with Crippen LogP contribution in [-0.2, 0) is 11.2 Å². The second-order valence-corrected chi connectivity index (χ2v) is 7.60. The van der Waals surface area contributed by atoms with E-state index in [0.29, 0.717) is 31.6 Å². The summed E-state index contributed by atoms with van der Waals surface area (Å²) in [6.07, 6.45) is 3.79. The predicted octanol–water partition coefficient (Wildman–Crippen LogP) is 3.19. The van der Waals surface area contributed by atoms with E-state index < -0.39 is 0 Å². The van der Waals surface area contributed by atoms with Gasteiger partial charge in [0.25, 0.3) is 5.91 Å². The summed E-state index contributed by atoms with van der Waals surface area (Å²) in [6, 6.07) is 19.5. The number of benzene rings is 2. The summed E-state index contributed by atoms with van der Waals surface area (Å²) in [5.41, 5.74) is 3.86.